The average molecular weight is 425 g/mol. The summed E-state index contributed by atoms with van der Waals surface area (Å²) in [4.78, 5) is 4.73. The van der Waals surface area contributed by atoms with Gasteiger partial charge in [-0.2, -0.15) is 0 Å². The van der Waals surface area contributed by atoms with Crippen LogP contribution >= 0.6 is 46.5 Å². The van der Waals surface area contributed by atoms with Gasteiger partial charge in [-0.3, -0.25) is 0 Å². The lowest BCUT2D eigenvalue weighted by Crippen LogP contribution is -1.99. The molecule has 0 unspecified atom stereocenters. The molecule has 0 saturated carbocycles. The predicted octanol–water partition coefficient (Wildman–Crippen LogP) is 5.77. The van der Waals surface area contributed by atoms with E-state index in [-0.39, 0.29) is 0 Å². The smallest absolute Gasteiger partial charge is 0.190 e. The second-order valence-electron chi connectivity index (χ2n) is 6.29. The summed E-state index contributed by atoms with van der Waals surface area (Å²) in [7, 11) is 2.04. The van der Waals surface area contributed by atoms with Crippen LogP contribution in [-0.2, 0) is 18.6 Å². The average Bonchev–Trinajstić information content (AvgIpc) is 3.22. The van der Waals surface area contributed by atoms with Gasteiger partial charge < -0.3 is 4.57 Å². The standard InChI is InChI=1S/C18H21ClN4S3/c1-12(2)8-26-18-22-21-16(23(18)3)10-24-11-17-20-15(9-25-17)13-4-6-14(19)7-5-13/h4-7,9,12H,8,10-11H2,1-3H3. The van der Waals surface area contributed by atoms with E-state index < -0.39 is 0 Å². The van der Waals surface area contributed by atoms with Crippen molar-refractivity contribution in [3.8, 4) is 11.3 Å². The van der Waals surface area contributed by atoms with Crippen molar-refractivity contribution in [3.63, 3.8) is 0 Å². The van der Waals surface area contributed by atoms with Crippen molar-refractivity contribution < 1.29 is 0 Å². The van der Waals surface area contributed by atoms with Gasteiger partial charge in [-0.1, -0.05) is 49.3 Å². The summed E-state index contributed by atoms with van der Waals surface area (Å²) in [6, 6.07) is 7.80. The number of benzene rings is 1. The summed E-state index contributed by atoms with van der Waals surface area (Å²) < 4.78 is 2.10. The van der Waals surface area contributed by atoms with Crippen molar-refractivity contribution in [2.75, 3.05) is 5.75 Å². The van der Waals surface area contributed by atoms with Crippen molar-refractivity contribution in [1.29, 1.82) is 0 Å². The molecule has 3 rings (SSSR count). The second-order valence-corrected chi connectivity index (χ2v) is 9.64. The Morgan fingerprint density at radius 2 is 1.92 bits per heavy atom. The number of rotatable bonds is 8. The fourth-order valence-electron chi connectivity index (χ4n) is 2.20. The van der Waals surface area contributed by atoms with E-state index in [2.05, 4.69) is 34.0 Å². The maximum absolute atomic E-state index is 5.94. The molecule has 0 bridgehead atoms. The third-order valence-electron chi connectivity index (χ3n) is 3.62. The largest absolute Gasteiger partial charge is 0.308 e. The monoisotopic (exact) mass is 424 g/mol. The summed E-state index contributed by atoms with van der Waals surface area (Å²) in [6.45, 7) is 4.43. The van der Waals surface area contributed by atoms with E-state index in [0.29, 0.717) is 5.92 Å². The van der Waals surface area contributed by atoms with Crippen molar-refractivity contribution in [3.05, 3.63) is 45.5 Å². The Labute approximate surface area is 171 Å². The normalized spacial score (nSPS) is 11.4. The van der Waals surface area contributed by atoms with E-state index >= 15 is 0 Å². The highest BCUT2D eigenvalue weighted by Gasteiger charge is 2.11. The highest BCUT2D eigenvalue weighted by Crippen LogP contribution is 2.27. The van der Waals surface area contributed by atoms with Gasteiger partial charge in [0.2, 0.25) is 0 Å². The van der Waals surface area contributed by atoms with Gasteiger partial charge in [0.15, 0.2) is 5.16 Å². The lowest BCUT2D eigenvalue weighted by molar-refractivity contribution is 0.732. The molecule has 0 N–H and O–H groups in total. The minimum absolute atomic E-state index is 0.647. The Kier molecular flexibility index (Phi) is 7.03. The number of aromatic nitrogens is 4. The minimum atomic E-state index is 0.647. The van der Waals surface area contributed by atoms with Crippen LogP contribution in [-0.4, -0.2) is 25.5 Å². The molecule has 0 amide bonds. The first-order valence-corrected chi connectivity index (χ1v) is 11.7. The molecular weight excluding hydrogens is 404 g/mol. The molecule has 0 aliphatic heterocycles. The van der Waals surface area contributed by atoms with Crippen molar-refractivity contribution in [1.82, 2.24) is 19.7 Å². The van der Waals surface area contributed by atoms with E-state index in [1.165, 1.54) is 0 Å². The van der Waals surface area contributed by atoms with Crippen LogP contribution in [0.15, 0.2) is 34.8 Å². The van der Waals surface area contributed by atoms with E-state index in [1.54, 1.807) is 23.1 Å². The van der Waals surface area contributed by atoms with Crippen LogP contribution in [0.3, 0.4) is 0 Å². The highest BCUT2D eigenvalue weighted by atomic mass is 35.5. The number of nitrogens with zero attached hydrogens (tertiary/aromatic N) is 4. The van der Waals surface area contributed by atoms with Crippen LogP contribution in [0.1, 0.15) is 24.7 Å². The Morgan fingerprint density at radius 3 is 2.65 bits per heavy atom. The first-order valence-electron chi connectivity index (χ1n) is 8.32. The maximum atomic E-state index is 5.94. The molecule has 0 atom stereocenters. The molecule has 0 saturated heterocycles. The molecule has 2 heterocycles. The van der Waals surface area contributed by atoms with Crippen molar-refractivity contribution >= 4 is 46.5 Å². The number of hydrogen-bond acceptors (Lipinski definition) is 6. The molecule has 2 aromatic heterocycles. The summed E-state index contributed by atoms with van der Waals surface area (Å²) in [6.07, 6.45) is 0. The topological polar surface area (TPSA) is 43.6 Å². The fraction of sp³-hybridized carbons (Fsp3) is 0.389. The fourth-order valence-corrected chi connectivity index (χ4v) is 5.09. The van der Waals surface area contributed by atoms with Crippen LogP contribution < -0.4 is 0 Å². The van der Waals surface area contributed by atoms with Gasteiger partial charge in [-0.05, 0) is 18.1 Å². The van der Waals surface area contributed by atoms with Gasteiger partial charge in [-0.15, -0.1) is 33.3 Å². The second kappa shape index (κ2) is 9.26. The molecule has 8 heteroatoms. The Bertz CT molecular complexity index is 843. The van der Waals surface area contributed by atoms with Crippen LogP contribution in [0, 0.1) is 5.92 Å². The first-order chi connectivity index (χ1) is 12.5. The zero-order valence-electron chi connectivity index (χ0n) is 15.0. The molecule has 26 heavy (non-hydrogen) atoms. The third kappa shape index (κ3) is 5.25. The Hall–Kier alpha value is -1.02. The zero-order chi connectivity index (χ0) is 18.5. The summed E-state index contributed by atoms with van der Waals surface area (Å²) >= 11 is 11.2. The van der Waals surface area contributed by atoms with Crippen LogP contribution in [0.25, 0.3) is 11.3 Å². The van der Waals surface area contributed by atoms with Gasteiger partial charge in [-0.25, -0.2) is 4.98 Å². The number of hydrogen-bond donors (Lipinski definition) is 0. The summed E-state index contributed by atoms with van der Waals surface area (Å²) in [5.41, 5.74) is 2.11. The Balaban J connectivity index is 1.53. The SMILES string of the molecule is CC(C)CSc1nnc(CSCc2nc(-c3ccc(Cl)cc3)cs2)n1C. The molecule has 0 spiro atoms. The highest BCUT2D eigenvalue weighted by molar-refractivity contribution is 7.99. The molecule has 0 fully saturated rings. The molecule has 0 aliphatic rings. The van der Waals surface area contributed by atoms with Crippen LogP contribution in [0.4, 0.5) is 0 Å². The maximum Gasteiger partial charge on any atom is 0.190 e. The van der Waals surface area contributed by atoms with Gasteiger partial charge >= 0.3 is 0 Å². The first kappa shape index (κ1) is 19.7. The number of thiazole rings is 1. The van der Waals surface area contributed by atoms with E-state index in [1.807, 2.05) is 43.1 Å². The molecule has 0 aliphatic carbocycles. The molecule has 1 aromatic carbocycles. The lowest BCUT2D eigenvalue weighted by Gasteiger charge is -2.05. The Morgan fingerprint density at radius 1 is 1.15 bits per heavy atom. The zero-order valence-corrected chi connectivity index (χ0v) is 18.2. The number of thioether (sulfide) groups is 2. The van der Waals surface area contributed by atoms with E-state index in [9.17, 15) is 0 Å². The van der Waals surface area contributed by atoms with Crippen molar-refractivity contribution in [2.24, 2.45) is 13.0 Å². The van der Waals surface area contributed by atoms with Gasteiger partial charge in [0, 0.05) is 34.5 Å². The van der Waals surface area contributed by atoms with Gasteiger partial charge in [0.25, 0.3) is 0 Å². The van der Waals surface area contributed by atoms with Crippen LogP contribution in [0.2, 0.25) is 5.02 Å². The van der Waals surface area contributed by atoms with Gasteiger partial charge in [0.1, 0.15) is 10.8 Å². The van der Waals surface area contributed by atoms with E-state index in [0.717, 1.165) is 49.5 Å². The van der Waals surface area contributed by atoms with Crippen LogP contribution in [0.5, 0.6) is 0 Å². The molecular formula is C18H21ClN4S3. The third-order valence-corrected chi connectivity index (χ3v) is 7.29. The predicted molar refractivity (Wildman–Crippen MR) is 114 cm³/mol. The molecule has 138 valence electrons. The quantitative estimate of drug-likeness (QED) is 0.429. The number of halogens is 1. The lowest BCUT2D eigenvalue weighted by atomic mass is 10.2. The van der Waals surface area contributed by atoms with Crippen molar-refractivity contribution in [2.45, 2.75) is 30.5 Å². The summed E-state index contributed by atoms with van der Waals surface area (Å²) in [5, 5.41) is 13.6. The minimum Gasteiger partial charge on any atom is -0.308 e. The molecule has 0 radical (unpaired) electrons. The van der Waals surface area contributed by atoms with E-state index in [4.69, 9.17) is 16.6 Å². The molecule has 4 nitrogen and oxygen atoms in total. The van der Waals surface area contributed by atoms with Gasteiger partial charge in [0.05, 0.1) is 11.4 Å². The summed E-state index contributed by atoms with van der Waals surface area (Å²) in [5.74, 6) is 4.43. The molecule has 3 aromatic rings.